The van der Waals surface area contributed by atoms with E-state index in [1.54, 1.807) is 18.3 Å². The first-order valence-corrected chi connectivity index (χ1v) is 7.29. The van der Waals surface area contributed by atoms with Crippen LogP contribution in [0.15, 0.2) is 40.2 Å². The van der Waals surface area contributed by atoms with Crippen molar-refractivity contribution in [2.75, 3.05) is 11.9 Å². The van der Waals surface area contributed by atoms with Crippen molar-refractivity contribution in [1.29, 1.82) is 0 Å². The highest BCUT2D eigenvalue weighted by Crippen LogP contribution is 2.28. The molecule has 0 N–H and O–H groups in total. The third kappa shape index (κ3) is 3.00. The Morgan fingerprint density at radius 3 is 2.72 bits per heavy atom. The fourth-order valence-electron chi connectivity index (χ4n) is 1.76. The molecule has 0 aliphatic carbocycles. The molecule has 2 nitrogen and oxygen atoms in total. The van der Waals surface area contributed by atoms with Crippen LogP contribution in [0.4, 0.5) is 5.69 Å². The van der Waals surface area contributed by atoms with Crippen LogP contribution >= 0.6 is 27.3 Å². The van der Waals surface area contributed by atoms with E-state index in [1.165, 1.54) is 4.88 Å². The summed E-state index contributed by atoms with van der Waals surface area (Å²) in [4.78, 5) is 14.8. The number of nitrogens with zero attached hydrogens (tertiary/aromatic N) is 1. The zero-order valence-corrected chi connectivity index (χ0v) is 12.7. The number of carbonyl (C=O) groups is 1. The van der Waals surface area contributed by atoms with Gasteiger partial charge in [0.1, 0.15) is 0 Å². The number of halogens is 1. The van der Waals surface area contributed by atoms with E-state index in [1.807, 2.05) is 25.2 Å². The SMILES string of the molecule is CC(=O)c1ccc(N(C)Cc2cccs2)c(Br)c1. The summed E-state index contributed by atoms with van der Waals surface area (Å²) in [5, 5.41) is 2.08. The number of Topliss-reactive ketones (excluding diaryl/α,β-unsaturated/α-hetero) is 1. The summed E-state index contributed by atoms with van der Waals surface area (Å²) < 4.78 is 0.953. The van der Waals surface area contributed by atoms with Crippen LogP contribution in [0, 0.1) is 0 Å². The normalized spacial score (nSPS) is 10.4. The molecular formula is C14H14BrNOS. The van der Waals surface area contributed by atoms with Gasteiger partial charge in [0.25, 0.3) is 0 Å². The van der Waals surface area contributed by atoms with Crippen molar-refractivity contribution in [1.82, 2.24) is 0 Å². The quantitative estimate of drug-likeness (QED) is 0.779. The number of benzene rings is 1. The number of hydrogen-bond acceptors (Lipinski definition) is 3. The fraction of sp³-hybridized carbons (Fsp3) is 0.214. The summed E-state index contributed by atoms with van der Waals surface area (Å²) in [6.07, 6.45) is 0. The van der Waals surface area contributed by atoms with Gasteiger partial charge in [0.2, 0.25) is 0 Å². The highest BCUT2D eigenvalue weighted by molar-refractivity contribution is 9.10. The lowest BCUT2D eigenvalue weighted by molar-refractivity contribution is 0.101. The summed E-state index contributed by atoms with van der Waals surface area (Å²) >= 11 is 5.28. The average molecular weight is 324 g/mol. The highest BCUT2D eigenvalue weighted by Gasteiger charge is 2.09. The maximum atomic E-state index is 11.3. The lowest BCUT2D eigenvalue weighted by Gasteiger charge is -2.20. The van der Waals surface area contributed by atoms with Gasteiger partial charge in [-0.05, 0) is 52.5 Å². The third-order valence-electron chi connectivity index (χ3n) is 2.74. The smallest absolute Gasteiger partial charge is 0.159 e. The predicted octanol–water partition coefficient (Wildman–Crippen LogP) is 4.35. The van der Waals surface area contributed by atoms with Crippen LogP contribution in [0.5, 0.6) is 0 Å². The van der Waals surface area contributed by atoms with Crippen LogP contribution < -0.4 is 4.90 Å². The first-order chi connectivity index (χ1) is 8.58. The molecule has 94 valence electrons. The Kier molecular flexibility index (Phi) is 4.19. The number of rotatable bonds is 4. The standard InChI is InChI=1S/C14H14BrNOS/c1-10(17)11-5-6-14(13(15)8-11)16(2)9-12-4-3-7-18-12/h3-8H,9H2,1-2H3. The van der Waals surface area contributed by atoms with Crippen molar-refractivity contribution in [3.05, 3.63) is 50.6 Å². The summed E-state index contributed by atoms with van der Waals surface area (Å²) in [7, 11) is 2.05. The lowest BCUT2D eigenvalue weighted by atomic mass is 10.1. The number of ketones is 1. The van der Waals surface area contributed by atoms with Gasteiger partial charge in [-0.2, -0.15) is 0 Å². The summed E-state index contributed by atoms with van der Waals surface area (Å²) in [6, 6.07) is 9.91. The van der Waals surface area contributed by atoms with E-state index in [9.17, 15) is 4.79 Å². The second kappa shape index (κ2) is 5.67. The lowest BCUT2D eigenvalue weighted by Crippen LogP contribution is -2.16. The van der Waals surface area contributed by atoms with Gasteiger partial charge in [0.05, 0.1) is 12.2 Å². The minimum atomic E-state index is 0.0863. The average Bonchev–Trinajstić information content (AvgIpc) is 2.81. The van der Waals surface area contributed by atoms with Gasteiger partial charge in [0.15, 0.2) is 5.78 Å². The van der Waals surface area contributed by atoms with Crippen molar-refractivity contribution in [2.45, 2.75) is 13.5 Å². The second-order valence-corrected chi connectivity index (χ2v) is 6.04. The molecule has 0 fully saturated rings. The zero-order chi connectivity index (χ0) is 13.1. The van der Waals surface area contributed by atoms with Crippen LogP contribution in [-0.2, 0) is 6.54 Å². The highest BCUT2D eigenvalue weighted by atomic mass is 79.9. The molecule has 0 saturated heterocycles. The van der Waals surface area contributed by atoms with E-state index in [0.717, 1.165) is 22.3 Å². The Hall–Kier alpha value is -1.13. The second-order valence-electron chi connectivity index (χ2n) is 4.16. The molecule has 2 aromatic rings. The number of carbonyl (C=O) groups excluding carboxylic acids is 1. The van der Waals surface area contributed by atoms with Gasteiger partial charge in [-0.1, -0.05) is 6.07 Å². The van der Waals surface area contributed by atoms with E-state index in [0.29, 0.717) is 0 Å². The summed E-state index contributed by atoms with van der Waals surface area (Å²) in [5.41, 5.74) is 1.82. The number of hydrogen-bond donors (Lipinski definition) is 0. The molecule has 1 aromatic carbocycles. The van der Waals surface area contributed by atoms with E-state index < -0.39 is 0 Å². The van der Waals surface area contributed by atoms with E-state index >= 15 is 0 Å². The Balaban J connectivity index is 2.20. The molecule has 0 radical (unpaired) electrons. The van der Waals surface area contributed by atoms with Gasteiger partial charge in [-0.3, -0.25) is 4.79 Å². The van der Waals surface area contributed by atoms with Gasteiger partial charge in [0, 0.05) is 22.0 Å². The van der Waals surface area contributed by atoms with Crippen molar-refractivity contribution in [3.63, 3.8) is 0 Å². The minimum absolute atomic E-state index is 0.0863. The first kappa shape index (κ1) is 13.3. The predicted molar refractivity (Wildman–Crippen MR) is 80.6 cm³/mol. The zero-order valence-electron chi connectivity index (χ0n) is 10.3. The Morgan fingerprint density at radius 1 is 1.39 bits per heavy atom. The van der Waals surface area contributed by atoms with Crippen molar-refractivity contribution < 1.29 is 4.79 Å². The fourth-order valence-corrected chi connectivity index (χ4v) is 3.20. The van der Waals surface area contributed by atoms with Crippen LogP contribution in [-0.4, -0.2) is 12.8 Å². The molecular weight excluding hydrogens is 310 g/mol. The molecule has 1 aromatic heterocycles. The number of thiophene rings is 1. The van der Waals surface area contributed by atoms with Gasteiger partial charge < -0.3 is 4.90 Å². The molecule has 0 atom stereocenters. The molecule has 0 bridgehead atoms. The molecule has 2 rings (SSSR count). The van der Waals surface area contributed by atoms with Gasteiger partial charge >= 0.3 is 0 Å². The Morgan fingerprint density at radius 2 is 2.17 bits per heavy atom. The molecule has 18 heavy (non-hydrogen) atoms. The molecule has 0 spiro atoms. The van der Waals surface area contributed by atoms with E-state index in [2.05, 4.69) is 38.3 Å². The molecule has 1 heterocycles. The topological polar surface area (TPSA) is 20.3 Å². The Bertz CT molecular complexity index is 551. The molecule has 4 heteroatoms. The molecule has 0 amide bonds. The van der Waals surface area contributed by atoms with Gasteiger partial charge in [-0.25, -0.2) is 0 Å². The van der Waals surface area contributed by atoms with Gasteiger partial charge in [-0.15, -0.1) is 11.3 Å². The van der Waals surface area contributed by atoms with E-state index in [-0.39, 0.29) is 5.78 Å². The minimum Gasteiger partial charge on any atom is -0.369 e. The van der Waals surface area contributed by atoms with Crippen LogP contribution in [0.1, 0.15) is 22.2 Å². The van der Waals surface area contributed by atoms with Crippen LogP contribution in [0.3, 0.4) is 0 Å². The Labute approximate surface area is 119 Å². The van der Waals surface area contributed by atoms with Crippen molar-refractivity contribution in [2.24, 2.45) is 0 Å². The molecule has 0 aliphatic heterocycles. The maximum absolute atomic E-state index is 11.3. The van der Waals surface area contributed by atoms with Crippen LogP contribution in [0.25, 0.3) is 0 Å². The summed E-state index contributed by atoms with van der Waals surface area (Å²) in [6.45, 7) is 2.45. The van der Waals surface area contributed by atoms with E-state index in [4.69, 9.17) is 0 Å². The number of anilines is 1. The van der Waals surface area contributed by atoms with Crippen molar-refractivity contribution in [3.8, 4) is 0 Å². The largest absolute Gasteiger partial charge is 0.369 e. The first-order valence-electron chi connectivity index (χ1n) is 5.62. The monoisotopic (exact) mass is 323 g/mol. The molecule has 0 aliphatic rings. The molecule has 0 saturated carbocycles. The summed E-state index contributed by atoms with van der Waals surface area (Å²) in [5.74, 6) is 0.0863. The van der Waals surface area contributed by atoms with Crippen LogP contribution in [0.2, 0.25) is 0 Å². The van der Waals surface area contributed by atoms with Crippen molar-refractivity contribution >= 4 is 38.7 Å². The molecule has 0 unspecified atom stereocenters. The third-order valence-corrected chi connectivity index (χ3v) is 4.23. The maximum Gasteiger partial charge on any atom is 0.159 e.